The normalized spacial score (nSPS) is 21.8. The number of carboxylic acid groups (broad SMARTS) is 1. The fourth-order valence-electron chi connectivity index (χ4n) is 3.10. The summed E-state index contributed by atoms with van der Waals surface area (Å²) >= 11 is 3.15. The Morgan fingerprint density at radius 1 is 1.46 bits per heavy atom. The second kappa shape index (κ2) is 10.9. The molecule has 4 rings (SSSR count). The van der Waals surface area contributed by atoms with Crippen LogP contribution >= 0.6 is 35.1 Å². The van der Waals surface area contributed by atoms with Crippen molar-refractivity contribution >= 4 is 69.8 Å². The lowest BCUT2D eigenvalue weighted by molar-refractivity contribution is -0.144. The van der Waals surface area contributed by atoms with E-state index in [0.29, 0.717) is 4.91 Å². The lowest BCUT2D eigenvalue weighted by atomic mass is 10.1. The second-order valence-corrected chi connectivity index (χ2v) is 9.98. The summed E-state index contributed by atoms with van der Waals surface area (Å²) in [5, 5.41) is 16.5. The van der Waals surface area contributed by atoms with Gasteiger partial charge in [-0.2, -0.15) is 9.36 Å². The van der Waals surface area contributed by atoms with E-state index in [9.17, 15) is 19.5 Å². The number of pyridine rings is 1. The Bertz CT molecular complexity index is 1220. The van der Waals surface area contributed by atoms with Crippen molar-refractivity contribution < 1.29 is 24.3 Å². The van der Waals surface area contributed by atoms with Crippen LogP contribution in [0.25, 0.3) is 6.08 Å². The molecule has 4 N–H and O–H groups in total. The number of aromatic nitrogens is 3. The molecule has 0 saturated carbocycles. The number of oxime groups is 1. The number of hydrogen-bond donors (Lipinski definition) is 3. The van der Waals surface area contributed by atoms with Crippen molar-refractivity contribution in [3.05, 3.63) is 52.4 Å². The highest BCUT2D eigenvalue weighted by atomic mass is 32.2. The van der Waals surface area contributed by atoms with E-state index in [4.69, 9.17) is 10.6 Å². The Hall–Kier alpha value is -3.43. The highest BCUT2D eigenvalue weighted by Gasteiger charge is 2.53. The summed E-state index contributed by atoms with van der Waals surface area (Å²) in [6, 6.07) is 2.71. The van der Waals surface area contributed by atoms with Crippen LogP contribution in [0.15, 0.2) is 46.2 Å². The minimum absolute atomic E-state index is 0.0271. The molecular weight excluding hydrogens is 514 g/mol. The van der Waals surface area contributed by atoms with Crippen LogP contribution < -0.4 is 11.1 Å². The zero-order chi connectivity index (χ0) is 24.9. The maximum absolute atomic E-state index is 12.9. The quantitative estimate of drug-likeness (QED) is 0.241. The van der Waals surface area contributed by atoms with E-state index in [1.54, 1.807) is 36.9 Å². The van der Waals surface area contributed by atoms with Gasteiger partial charge in [0.1, 0.15) is 23.3 Å². The Kier molecular flexibility index (Phi) is 7.67. The number of amides is 2. The topological polar surface area (TPSA) is 173 Å². The number of hydrogen-bond acceptors (Lipinski definition) is 12. The third-order valence-corrected chi connectivity index (χ3v) is 7.78. The molecule has 0 aliphatic carbocycles. The van der Waals surface area contributed by atoms with Gasteiger partial charge in [-0.3, -0.25) is 19.4 Å². The maximum atomic E-state index is 12.9. The minimum atomic E-state index is -1.05. The molecular formula is C20H19N7O5S3. The van der Waals surface area contributed by atoms with Crippen molar-refractivity contribution in [3.63, 3.8) is 0 Å². The summed E-state index contributed by atoms with van der Waals surface area (Å²) in [4.78, 5) is 52.4. The average Bonchev–Trinajstić information content (AvgIpc) is 3.28. The van der Waals surface area contributed by atoms with Crippen LogP contribution in [0, 0.1) is 0 Å². The van der Waals surface area contributed by atoms with Crippen LogP contribution in [0.2, 0.25) is 0 Å². The van der Waals surface area contributed by atoms with Gasteiger partial charge in [0, 0.05) is 35.0 Å². The molecule has 0 radical (unpaired) electrons. The number of carbonyl (C=O) groups excluding carboxylic acids is 2. The predicted molar refractivity (Wildman–Crippen MR) is 133 cm³/mol. The van der Waals surface area contributed by atoms with E-state index in [1.165, 1.54) is 22.9 Å². The largest absolute Gasteiger partial charge is 0.480 e. The number of carbonyl (C=O) groups is 3. The van der Waals surface area contributed by atoms with E-state index in [-0.39, 0.29) is 29.2 Å². The molecule has 35 heavy (non-hydrogen) atoms. The SMILES string of the molecule is CCON=C(C(=O)NC1C(=O)N2C=C(S/C=C\c3cccnc3)C(C(=O)O)S[C@H]12)c1nsc(N)n1. The Morgan fingerprint density at radius 2 is 2.29 bits per heavy atom. The van der Waals surface area contributed by atoms with Crippen LogP contribution in [0.1, 0.15) is 18.3 Å². The van der Waals surface area contributed by atoms with Gasteiger partial charge >= 0.3 is 5.97 Å². The van der Waals surface area contributed by atoms with Gasteiger partial charge in [-0.25, -0.2) is 0 Å². The van der Waals surface area contributed by atoms with Crippen molar-refractivity contribution in [2.24, 2.45) is 5.16 Å². The lowest BCUT2D eigenvalue weighted by Gasteiger charge is -2.48. The molecule has 0 spiro atoms. The van der Waals surface area contributed by atoms with Crippen molar-refractivity contribution in [2.45, 2.75) is 23.6 Å². The number of β-lactam (4-membered cyclic amide) rings is 1. The van der Waals surface area contributed by atoms with Gasteiger partial charge in [-0.1, -0.05) is 23.0 Å². The molecule has 2 aromatic rings. The maximum Gasteiger partial charge on any atom is 0.321 e. The van der Waals surface area contributed by atoms with E-state index in [1.807, 2.05) is 6.07 Å². The molecule has 2 aliphatic heterocycles. The van der Waals surface area contributed by atoms with E-state index in [0.717, 1.165) is 28.9 Å². The third-order valence-electron chi connectivity index (χ3n) is 4.69. The fraction of sp³-hybridized carbons (Fsp3) is 0.250. The number of nitrogens with two attached hydrogens (primary N) is 1. The molecule has 15 heteroatoms. The molecule has 1 saturated heterocycles. The first-order valence-corrected chi connectivity index (χ1v) is 12.7. The number of aliphatic carboxylic acids is 1. The van der Waals surface area contributed by atoms with Gasteiger partial charge < -0.3 is 25.9 Å². The summed E-state index contributed by atoms with van der Waals surface area (Å²) < 4.78 is 3.97. The van der Waals surface area contributed by atoms with Crippen LogP contribution in [0.3, 0.4) is 0 Å². The molecule has 182 valence electrons. The van der Waals surface area contributed by atoms with Crippen molar-refractivity contribution in [3.8, 4) is 0 Å². The smallest absolute Gasteiger partial charge is 0.321 e. The Labute approximate surface area is 211 Å². The predicted octanol–water partition coefficient (Wildman–Crippen LogP) is 1.35. The highest BCUT2D eigenvalue weighted by molar-refractivity contribution is 8.08. The number of rotatable bonds is 9. The van der Waals surface area contributed by atoms with Crippen LogP contribution in [-0.4, -0.2) is 71.1 Å². The van der Waals surface area contributed by atoms with E-state index < -0.39 is 28.5 Å². The van der Waals surface area contributed by atoms with Crippen LogP contribution in [0.5, 0.6) is 0 Å². The molecule has 1 fully saturated rings. The Morgan fingerprint density at radius 3 is 2.94 bits per heavy atom. The molecule has 0 aromatic carbocycles. The first-order valence-electron chi connectivity index (χ1n) is 10.1. The molecule has 2 aromatic heterocycles. The van der Waals surface area contributed by atoms with Crippen LogP contribution in [0.4, 0.5) is 5.13 Å². The molecule has 3 atom stereocenters. The number of fused-ring (bicyclic) bond motifs is 1. The van der Waals surface area contributed by atoms with Gasteiger partial charge in [-0.15, -0.1) is 11.8 Å². The number of thioether (sulfide) groups is 2. The molecule has 2 amide bonds. The zero-order valence-corrected chi connectivity index (χ0v) is 20.5. The molecule has 4 heterocycles. The minimum Gasteiger partial charge on any atom is -0.480 e. The van der Waals surface area contributed by atoms with E-state index in [2.05, 4.69) is 24.8 Å². The molecule has 2 unspecified atom stereocenters. The number of anilines is 1. The first-order chi connectivity index (χ1) is 16.9. The number of nitrogens with one attached hydrogen (secondary N) is 1. The molecule has 2 aliphatic rings. The standard InChI is InChI=1S/C20H19N7O5S3/c1-2-32-25-12(15-24-20(21)35-26-15)16(28)23-13-17(29)27-9-11(14(19(30)31)34-18(13)27)33-7-5-10-4-3-6-22-8-10/h3-9,13-14,18H,2H2,1H3,(H,23,28)(H,30,31)(H2,21,24,26)/b7-5-,25-12?/t13?,14?,18-/m1/s1. The summed E-state index contributed by atoms with van der Waals surface area (Å²) in [5.74, 6) is -2.19. The average molecular weight is 534 g/mol. The summed E-state index contributed by atoms with van der Waals surface area (Å²) in [5.41, 5.74) is 6.23. The summed E-state index contributed by atoms with van der Waals surface area (Å²) in [7, 11) is 0. The van der Waals surface area contributed by atoms with Gasteiger partial charge in [0.15, 0.2) is 5.13 Å². The first kappa shape index (κ1) is 24.7. The van der Waals surface area contributed by atoms with Crippen molar-refractivity contribution in [1.82, 2.24) is 24.6 Å². The van der Waals surface area contributed by atoms with Gasteiger partial charge in [0.05, 0.1) is 0 Å². The van der Waals surface area contributed by atoms with Gasteiger partial charge in [0.25, 0.3) is 11.8 Å². The Balaban J connectivity index is 1.47. The summed E-state index contributed by atoms with van der Waals surface area (Å²) in [6.07, 6.45) is 6.65. The highest BCUT2D eigenvalue weighted by Crippen LogP contribution is 2.44. The van der Waals surface area contributed by atoms with Crippen molar-refractivity contribution in [2.75, 3.05) is 12.3 Å². The molecule has 0 bridgehead atoms. The van der Waals surface area contributed by atoms with Crippen molar-refractivity contribution in [1.29, 1.82) is 0 Å². The third kappa shape index (κ3) is 5.47. The number of carboxylic acids is 1. The zero-order valence-electron chi connectivity index (χ0n) is 18.1. The molecule has 12 nitrogen and oxygen atoms in total. The van der Waals surface area contributed by atoms with Gasteiger partial charge in [-0.05, 0) is 30.0 Å². The van der Waals surface area contributed by atoms with Gasteiger partial charge in [0.2, 0.25) is 11.5 Å². The summed E-state index contributed by atoms with van der Waals surface area (Å²) in [6.45, 7) is 1.89. The fourth-order valence-corrected chi connectivity index (χ4v) is 5.88. The number of nitrogens with zero attached hydrogens (tertiary/aromatic N) is 5. The monoisotopic (exact) mass is 533 g/mol. The number of nitrogen functional groups attached to an aromatic ring is 1. The van der Waals surface area contributed by atoms with E-state index >= 15 is 0 Å². The van der Waals surface area contributed by atoms with Crippen LogP contribution in [-0.2, 0) is 19.2 Å². The second-order valence-electron chi connectivity index (χ2n) is 6.99. The lowest BCUT2D eigenvalue weighted by Crippen LogP contribution is -2.69.